The molecule has 0 aliphatic rings. The minimum atomic E-state index is -1.75. The minimum absolute atomic E-state index is 0. The van der Waals surface area contributed by atoms with Crippen molar-refractivity contribution in [2.75, 3.05) is 20.0 Å². The molecule has 60 valence electrons. The van der Waals surface area contributed by atoms with Crippen molar-refractivity contribution in [1.82, 2.24) is 0 Å². The van der Waals surface area contributed by atoms with Gasteiger partial charge >= 0.3 is 22.4 Å². The maximum absolute atomic E-state index is 8.25. The Morgan fingerprint density at radius 1 is 1.22 bits per heavy atom. The fourth-order valence-corrected chi connectivity index (χ4v) is 0. The van der Waals surface area contributed by atoms with Crippen molar-refractivity contribution in [2.24, 2.45) is 0 Å². The molecule has 0 bridgehead atoms. The second-order valence-electron chi connectivity index (χ2n) is 1.57. The van der Waals surface area contributed by atoms with Crippen LogP contribution in [0.5, 0.6) is 0 Å². The van der Waals surface area contributed by atoms with Gasteiger partial charge in [0.2, 0.25) is 0 Å². The molecule has 0 aromatic carbocycles. The largest absolute Gasteiger partial charge is 1.00 e. The van der Waals surface area contributed by atoms with Crippen molar-refractivity contribution >= 4 is 7.92 Å². The Morgan fingerprint density at radius 3 is 1.22 bits per heavy atom. The van der Waals surface area contributed by atoms with Crippen molar-refractivity contribution in [1.29, 1.82) is 0 Å². The molecule has 0 rings (SSSR count). The van der Waals surface area contributed by atoms with Crippen LogP contribution < -0.4 is 0 Å². The number of hydrogen-bond donors (Lipinski definition) is 0. The summed E-state index contributed by atoms with van der Waals surface area (Å²) >= 11 is 0. The molecule has 0 saturated carbocycles. The Morgan fingerprint density at radius 2 is 1.22 bits per heavy atom. The van der Waals surface area contributed by atoms with E-state index in [4.69, 9.17) is 15.3 Å². The Hall–Kier alpha value is 0.370. The average Bonchev–Trinajstić information content (AvgIpc) is 1.25. The van der Waals surface area contributed by atoms with Gasteiger partial charge in [-0.05, 0) is 20.0 Å². The molecule has 0 atom stereocenters. The molecule has 0 aromatic rings. The van der Waals surface area contributed by atoms with Crippen LogP contribution in [0, 0.1) is 15.3 Å². The van der Waals surface area contributed by atoms with E-state index in [0.29, 0.717) is 7.92 Å². The molecule has 0 aliphatic heterocycles. The van der Waals surface area contributed by atoms with E-state index >= 15 is 0 Å². The van der Waals surface area contributed by atoms with Crippen molar-refractivity contribution in [3.8, 4) is 0 Å². The molecule has 9 heavy (non-hydrogen) atoms. The van der Waals surface area contributed by atoms with E-state index in [1.165, 1.54) is 0 Å². The van der Waals surface area contributed by atoms with Crippen molar-refractivity contribution in [2.45, 2.75) is 0 Å². The van der Waals surface area contributed by atoms with E-state index in [1.54, 1.807) is 0 Å². The van der Waals surface area contributed by atoms with Crippen LogP contribution in [0.15, 0.2) is 0 Å². The zero-order valence-corrected chi connectivity index (χ0v) is 7.80. The molecular formula is C3H9AgNO3P. The number of rotatable bonds is 0. The van der Waals surface area contributed by atoms with Crippen LogP contribution in [0.2, 0.25) is 0 Å². The molecule has 6 heteroatoms. The summed E-state index contributed by atoms with van der Waals surface area (Å²) in [6.45, 7) is 6.69. The van der Waals surface area contributed by atoms with E-state index in [-0.39, 0.29) is 22.4 Å². The Bertz CT molecular complexity index is 63.3. The zero-order chi connectivity index (χ0) is 7.15. The van der Waals surface area contributed by atoms with Crippen LogP contribution >= 0.6 is 7.92 Å². The molecule has 0 heterocycles. The summed E-state index contributed by atoms with van der Waals surface area (Å²) in [5.74, 6) is 0. The van der Waals surface area contributed by atoms with Gasteiger partial charge in [0.15, 0.2) is 0 Å². The predicted molar refractivity (Wildman–Crippen MR) is 35.1 cm³/mol. The van der Waals surface area contributed by atoms with Gasteiger partial charge in [-0.1, -0.05) is 0 Å². The minimum Gasteiger partial charge on any atom is -0.356 e. The van der Waals surface area contributed by atoms with Crippen LogP contribution in [0.25, 0.3) is 0 Å². The van der Waals surface area contributed by atoms with Crippen LogP contribution in [0.4, 0.5) is 0 Å². The molecule has 0 spiro atoms. The Labute approximate surface area is 71.0 Å². The van der Waals surface area contributed by atoms with Crippen LogP contribution in [-0.4, -0.2) is 25.1 Å². The second-order valence-corrected chi connectivity index (χ2v) is 4.25. The van der Waals surface area contributed by atoms with Gasteiger partial charge in [-0.3, -0.25) is 0 Å². The summed E-state index contributed by atoms with van der Waals surface area (Å²) in [7, 11) is 0.380. The molecule has 0 fully saturated rings. The molecule has 0 unspecified atom stereocenters. The second kappa shape index (κ2) is 11.2. The van der Waals surface area contributed by atoms with Crippen molar-refractivity contribution in [3.05, 3.63) is 15.3 Å². The first kappa shape index (κ1) is 16.2. The quantitative estimate of drug-likeness (QED) is 0.278. The van der Waals surface area contributed by atoms with Crippen LogP contribution in [0.3, 0.4) is 0 Å². The molecule has 0 amide bonds. The van der Waals surface area contributed by atoms with E-state index < -0.39 is 5.09 Å². The van der Waals surface area contributed by atoms with Gasteiger partial charge in [-0.15, -0.1) is 7.92 Å². The summed E-state index contributed by atoms with van der Waals surface area (Å²) in [5, 5.41) is 14.8. The van der Waals surface area contributed by atoms with E-state index in [2.05, 4.69) is 20.0 Å². The topological polar surface area (TPSA) is 66.2 Å². The van der Waals surface area contributed by atoms with E-state index in [1.807, 2.05) is 0 Å². The van der Waals surface area contributed by atoms with Crippen molar-refractivity contribution < 1.29 is 27.5 Å². The molecule has 0 N–H and O–H groups in total. The summed E-state index contributed by atoms with van der Waals surface area (Å²) in [5.41, 5.74) is 0. The standard InChI is InChI=1S/C3H9P.Ag.NO3/c1-4(2)3;;2-1(3)4/h1-3H3;;/q;+1;-1. The average molecular weight is 246 g/mol. The van der Waals surface area contributed by atoms with Gasteiger partial charge < -0.3 is 15.3 Å². The van der Waals surface area contributed by atoms with Gasteiger partial charge in [-0.2, -0.15) is 0 Å². The van der Waals surface area contributed by atoms with Crippen molar-refractivity contribution in [3.63, 3.8) is 0 Å². The number of nitrogens with zero attached hydrogens (tertiary/aromatic N) is 1. The molecule has 4 nitrogen and oxygen atoms in total. The fraction of sp³-hybridized carbons (Fsp3) is 1.00. The normalized spacial score (nSPS) is 6.67. The SMILES string of the molecule is CP(C)C.O=[N+]([O-])[O-].[Ag+]. The maximum atomic E-state index is 8.25. The van der Waals surface area contributed by atoms with Gasteiger partial charge in [0, 0.05) is 0 Å². The predicted octanol–water partition coefficient (Wildman–Crippen LogP) is 1.12. The van der Waals surface area contributed by atoms with E-state index in [9.17, 15) is 0 Å². The van der Waals surface area contributed by atoms with Crippen LogP contribution in [0.1, 0.15) is 0 Å². The fourth-order valence-electron chi connectivity index (χ4n) is 0. The Balaban J connectivity index is -0.0000000720. The summed E-state index contributed by atoms with van der Waals surface area (Å²) in [6.07, 6.45) is 0. The van der Waals surface area contributed by atoms with Crippen LogP contribution in [-0.2, 0) is 22.4 Å². The third kappa shape index (κ3) is 2480. The first-order valence-corrected chi connectivity index (χ1v) is 4.57. The van der Waals surface area contributed by atoms with Gasteiger partial charge in [-0.25, -0.2) is 0 Å². The third-order valence-electron chi connectivity index (χ3n) is 0. The molecule has 0 aromatic heterocycles. The molecule has 0 saturated heterocycles. The first-order valence-electron chi connectivity index (χ1n) is 1.89. The molecule has 0 aliphatic carbocycles. The summed E-state index contributed by atoms with van der Waals surface area (Å²) < 4.78 is 0. The third-order valence-corrected chi connectivity index (χ3v) is 0. The number of hydrogen-bond acceptors (Lipinski definition) is 3. The first-order chi connectivity index (χ1) is 3.46. The van der Waals surface area contributed by atoms with Gasteiger partial charge in [0.1, 0.15) is 0 Å². The van der Waals surface area contributed by atoms with Gasteiger partial charge in [0.05, 0.1) is 5.09 Å². The van der Waals surface area contributed by atoms with Gasteiger partial charge in [0.25, 0.3) is 0 Å². The summed E-state index contributed by atoms with van der Waals surface area (Å²) in [4.78, 5) is 8.25. The van der Waals surface area contributed by atoms with E-state index in [0.717, 1.165) is 0 Å². The Kier molecular flexibility index (Phi) is 20.1. The molecule has 0 radical (unpaired) electrons. The maximum Gasteiger partial charge on any atom is 1.00 e. The smallest absolute Gasteiger partial charge is 0.356 e. The molecular weight excluding hydrogens is 237 g/mol. The monoisotopic (exact) mass is 245 g/mol. The zero-order valence-electron chi connectivity index (χ0n) is 5.42. The summed E-state index contributed by atoms with van der Waals surface area (Å²) in [6, 6.07) is 0.